The molecule has 2 aromatic carbocycles. The monoisotopic (exact) mass is 547 g/mol. The smallest absolute Gasteiger partial charge is 0.226 e. The number of benzene rings is 2. The van der Waals surface area contributed by atoms with E-state index < -0.39 is 11.3 Å². The van der Waals surface area contributed by atoms with E-state index in [0.717, 1.165) is 16.9 Å². The first kappa shape index (κ1) is 27.8. The fourth-order valence-corrected chi connectivity index (χ4v) is 5.70. The Morgan fingerprint density at radius 2 is 1.78 bits per heavy atom. The van der Waals surface area contributed by atoms with E-state index in [0.29, 0.717) is 55.5 Å². The first-order valence-electron chi connectivity index (χ1n) is 12.8. The van der Waals surface area contributed by atoms with Gasteiger partial charge in [-0.1, -0.05) is 41.4 Å². The number of likely N-dealkylation sites (N-methyl/N-ethyl adjacent to an activating group) is 1. The maximum Gasteiger partial charge on any atom is 0.226 e. The maximum absolute atomic E-state index is 13.3. The molecule has 1 heterocycles. The van der Waals surface area contributed by atoms with Gasteiger partial charge in [0, 0.05) is 32.4 Å². The lowest BCUT2D eigenvalue weighted by atomic mass is 9.69. The molecule has 1 spiro atoms. The molecule has 2 aliphatic rings. The Morgan fingerprint density at radius 3 is 2.41 bits per heavy atom. The molecule has 2 aromatic rings. The number of halogens is 2. The van der Waals surface area contributed by atoms with Crippen molar-refractivity contribution < 1.29 is 19.0 Å². The van der Waals surface area contributed by atoms with Crippen LogP contribution >= 0.6 is 23.2 Å². The lowest BCUT2D eigenvalue weighted by Crippen LogP contribution is -2.48. The molecule has 1 N–H and O–H groups in total. The van der Waals surface area contributed by atoms with Crippen molar-refractivity contribution in [3.63, 3.8) is 0 Å². The Labute approximate surface area is 228 Å². The van der Waals surface area contributed by atoms with Gasteiger partial charge in [-0.15, -0.1) is 0 Å². The van der Waals surface area contributed by atoms with Crippen molar-refractivity contribution in [2.24, 2.45) is 5.11 Å². The molecule has 200 valence electrons. The summed E-state index contributed by atoms with van der Waals surface area (Å²) in [6.07, 6.45) is 2.81. The van der Waals surface area contributed by atoms with Crippen LogP contribution in [0.1, 0.15) is 56.6 Å². The first-order valence-corrected chi connectivity index (χ1v) is 13.5. The van der Waals surface area contributed by atoms with Crippen LogP contribution in [0, 0.1) is 5.53 Å². The number of nitrogens with one attached hydrogen (secondary N) is 1. The number of ether oxygens (including phenoxy) is 3. The van der Waals surface area contributed by atoms with Gasteiger partial charge < -0.3 is 19.1 Å². The molecule has 1 unspecified atom stereocenters. The summed E-state index contributed by atoms with van der Waals surface area (Å²) in [6.45, 7) is 5.50. The zero-order valence-corrected chi connectivity index (χ0v) is 23.1. The van der Waals surface area contributed by atoms with Crippen LogP contribution in [0.25, 0.3) is 0 Å². The Kier molecular flexibility index (Phi) is 8.79. The highest BCUT2D eigenvalue weighted by Gasteiger charge is 2.50. The third-order valence-corrected chi connectivity index (χ3v) is 8.16. The first-order chi connectivity index (χ1) is 17.7. The van der Waals surface area contributed by atoms with Gasteiger partial charge in [0.25, 0.3) is 0 Å². The zero-order valence-electron chi connectivity index (χ0n) is 21.6. The van der Waals surface area contributed by atoms with Crippen molar-refractivity contribution in [2.75, 3.05) is 26.8 Å². The minimum atomic E-state index is -0.711. The van der Waals surface area contributed by atoms with Crippen LogP contribution in [0.3, 0.4) is 0 Å². The van der Waals surface area contributed by atoms with E-state index in [4.69, 9.17) is 42.9 Å². The van der Waals surface area contributed by atoms with Crippen LogP contribution in [0.5, 0.6) is 5.75 Å². The average molecular weight is 549 g/mol. The predicted molar refractivity (Wildman–Crippen MR) is 144 cm³/mol. The van der Waals surface area contributed by atoms with Crippen molar-refractivity contribution in [3.05, 3.63) is 63.6 Å². The molecule has 1 atom stereocenters. The van der Waals surface area contributed by atoms with Gasteiger partial charge in [0.2, 0.25) is 5.91 Å². The normalized spacial score (nSPS) is 19.1. The number of carbonyl (C=O) groups is 1. The van der Waals surface area contributed by atoms with Gasteiger partial charge in [0.05, 0.1) is 41.3 Å². The second-order valence-corrected chi connectivity index (χ2v) is 11.1. The molecule has 4 rings (SSSR count). The molecule has 37 heavy (non-hydrogen) atoms. The number of hydrogen-bond donors (Lipinski definition) is 1. The van der Waals surface area contributed by atoms with E-state index in [1.807, 2.05) is 50.2 Å². The Hall–Kier alpha value is -2.19. The minimum Gasteiger partial charge on any atom is -0.491 e. The third-order valence-electron chi connectivity index (χ3n) is 7.42. The van der Waals surface area contributed by atoms with Crippen molar-refractivity contribution >= 4 is 29.1 Å². The van der Waals surface area contributed by atoms with Gasteiger partial charge in [-0.2, -0.15) is 5.11 Å². The van der Waals surface area contributed by atoms with E-state index in [2.05, 4.69) is 5.11 Å². The van der Waals surface area contributed by atoms with Crippen LogP contribution in [0.2, 0.25) is 10.0 Å². The van der Waals surface area contributed by atoms with Gasteiger partial charge in [0.15, 0.2) is 5.79 Å². The fraction of sp³-hybridized carbons (Fsp3) is 0.536. The number of hydrogen-bond acceptors (Lipinski definition) is 6. The largest absolute Gasteiger partial charge is 0.491 e. The number of amides is 1. The summed E-state index contributed by atoms with van der Waals surface area (Å²) in [6, 6.07) is 13.1. The summed E-state index contributed by atoms with van der Waals surface area (Å²) >= 11 is 12.6. The molecule has 7 nitrogen and oxygen atoms in total. The Bertz CT molecular complexity index is 1110. The van der Waals surface area contributed by atoms with E-state index in [9.17, 15) is 4.79 Å². The summed E-state index contributed by atoms with van der Waals surface area (Å²) in [5.74, 6) is -0.109. The highest BCUT2D eigenvalue weighted by atomic mass is 35.5. The second kappa shape index (κ2) is 11.7. The second-order valence-electron chi connectivity index (χ2n) is 10.3. The number of carbonyl (C=O) groups excluding carboxylic acids is 1. The predicted octanol–water partition coefficient (Wildman–Crippen LogP) is 6.65. The van der Waals surface area contributed by atoms with Crippen LogP contribution in [-0.2, 0) is 20.7 Å². The molecule has 1 saturated carbocycles. The van der Waals surface area contributed by atoms with E-state index in [-0.39, 0.29) is 24.3 Å². The Balaban J connectivity index is 1.56. The topological polar surface area (TPSA) is 84.2 Å². The molecular formula is C28H35Cl2N3O4. The number of nitrogens with zero attached hydrogens (tertiary/aromatic N) is 2. The van der Waals surface area contributed by atoms with E-state index in [1.165, 1.54) is 0 Å². The summed E-state index contributed by atoms with van der Waals surface area (Å²) < 4.78 is 17.6. The molecule has 2 fully saturated rings. The molecule has 0 aromatic heterocycles. The molecule has 1 amide bonds. The van der Waals surface area contributed by atoms with Gasteiger partial charge in [0.1, 0.15) is 5.75 Å². The van der Waals surface area contributed by atoms with Gasteiger partial charge in [-0.25, -0.2) is 5.53 Å². The van der Waals surface area contributed by atoms with Crippen molar-refractivity contribution in [1.29, 1.82) is 5.53 Å². The van der Waals surface area contributed by atoms with Crippen molar-refractivity contribution in [1.82, 2.24) is 4.90 Å². The molecule has 0 radical (unpaired) electrons. The number of rotatable bonds is 9. The molecule has 1 saturated heterocycles. The lowest BCUT2D eigenvalue weighted by molar-refractivity contribution is -0.186. The summed E-state index contributed by atoms with van der Waals surface area (Å²) in [7, 11) is 1.80. The molecule has 9 heteroatoms. The molecule has 1 aliphatic heterocycles. The van der Waals surface area contributed by atoms with Crippen LogP contribution in [-0.4, -0.2) is 55.0 Å². The van der Waals surface area contributed by atoms with E-state index in [1.54, 1.807) is 18.0 Å². The maximum atomic E-state index is 13.3. The molecule has 1 aliphatic carbocycles. The quantitative estimate of drug-likeness (QED) is 0.356. The minimum absolute atomic E-state index is 0.0263. The highest BCUT2D eigenvalue weighted by Crippen LogP contribution is 2.49. The zero-order chi connectivity index (χ0) is 26.6. The summed E-state index contributed by atoms with van der Waals surface area (Å²) in [5.41, 5.74) is 9.34. The average Bonchev–Trinajstić information content (AvgIpc) is 3.33. The summed E-state index contributed by atoms with van der Waals surface area (Å²) in [4.78, 5) is 15.1. The standard InChI is InChI=1S/C28H35Cl2N3O4/c1-19(2)37-22-6-4-5-20(15-22)16-26(34)33(3)18-23(21-7-8-24(29)25(30)17-21)27(32-31)9-11-28(12-10-27)35-13-14-36-28/h4-8,15,17,19,23,31H,9-14,16,18H2,1-3H3. The lowest BCUT2D eigenvalue weighted by Gasteiger charge is -2.45. The van der Waals surface area contributed by atoms with Crippen LogP contribution in [0.15, 0.2) is 47.6 Å². The van der Waals surface area contributed by atoms with Crippen molar-refractivity contribution in [3.8, 4) is 5.75 Å². The highest BCUT2D eigenvalue weighted by molar-refractivity contribution is 6.42. The van der Waals surface area contributed by atoms with E-state index >= 15 is 0 Å². The van der Waals surface area contributed by atoms with Crippen LogP contribution < -0.4 is 4.74 Å². The van der Waals surface area contributed by atoms with Gasteiger partial charge >= 0.3 is 0 Å². The third kappa shape index (κ3) is 6.45. The van der Waals surface area contributed by atoms with Crippen LogP contribution in [0.4, 0.5) is 0 Å². The summed E-state index contributed by atoms with van der Waals surface area (Å²) in [5, 5.41) is 5.11. The SMILES string of the molecule is CC(C)Oc1cccc(CC(=O)N(C)CC(c2ccc(Cl)c(Cl)c2)C2(N=N)CCC3(CC2)OCCO3)c1. The molecular weight excluding hydrogens is 513 g/mol. The Morgan fingerprint density at radius 1 is 1.08 bits per heavy atom. The van der Waals surface area contributed by atoms with Gasteiger partial charge in [-0.3, -0.25) is 4.79 Å². The fourth-order valence-electron chi connectivity index (χ4n) is 5.39. The van der Waals surface area contributed by atoms with Gasteiger partial charge in [-0.05, 0) is 62.1 Å². The molecule has 0 bridgehead atoms. The van der Waals surface area contributed by atoms with Crippen molar-refractivity contribution in [2.45, 2.75) is 69.3 Å².